The van der Waals surface area contributed by atoms with Crippen LogP contribution in [0.25, 0.3) is 0 Å². The Labute approximate surface area is 79.9 Å². The molecule has 0 atom stereocenters. The van der Waals surface area contributed by atoms with Gasteiger partial charge in [0, 0.05) is 15.7 Å². The third-order valence-corrected chi connectivity index (χ3v) is 3.70. The average Bonchev–Trinajstić information content (AvgIpc) is 2.45. The molecule has 0 aliphatic carbocycles. The molecule has 1 aromatic carbocycles. The molecule has 0 radical (unpaired) electrons. The molecule has 0 N–H and O–H groups in total. The third kappa shape index (κ3) is 1.26. The molecule has 2 rings (SSSR count). The molecular formula is C8H6Cl2S. The molecule has 0 unspecified atom stereocenters. The van der Waals surface area contributed by atoms with Gasteiger partial charge >= 0.3 is 0 Å². The molecule has 0 nitrogen and oxygen atoms in total. The number of hydrogen-bond acceptors (Lipinski definition) is 1. The van der Waals surface area contributed by atoms with Crippen molar-refractivity contribution in [1.82, 2.24) is 0 Å². The molecule has 58 valence electrons. The fourth-order valence-electron chi connectivity index (χ4n) is 1.22. The third-order valence-electron chi connectivity index (χ3n) is 1.75. The molecule has 0 spiro atoms. The first kappa shape index (κ1) is 7.78. The van der Waals surface area contributed by atoms with E-state index in [-0.39, 0.29) is 0 Å². The maximum absolute atomic E-state index is 5.97. The number of fused-ring (bicyclic) bond motifs is 1. The first-order valence-electron chi connectivity index (χ1n) is 3.39. The first-order valence-corrected chi connectivity index (χ1v) is 5.13. The van der Waals surface area contributed by atoms with Gasteiger partial charge in [-0.2, -0.15) is 0 Å². The Morgan fingerprint density at radius 1 is 1.18 bits per heavy atom. The van der Waals surface area contributed by atoms with Gasteiger partial charge in [-0.25, -0.2) is 0 Å². The van der Waals surface area contributed by atoms with Gasteiger partial charge in [-0.15, -0.1) is 11.8 Å². The minimum absolute atomic E-state index is 0.840. The second-order valence-electron chi connectivity index (χ2n) is 2.44. The fourth-order valence-corrected chi connectivity index (χ4v) is 2.97. The van der Waals surface area contributed by atoms with E-state index in [1.807, 2.05) is 12.1 Å². The van der Waals surface area contributed by atoms with Gasteiger partial charge in [0.15, 0.2) is 0 Å². The van der Waals surface area contributed by atoms with E-state index in [2.05, 4.69) is 0 Å². The predicted molar refractivity (Wildman–Crippen MR) is 50.9 cm³/mol. The van der Waals surface area contributed by atoms with Crippen LogP contribution >= 0.6 is 35.0 Å². The molecule has 1 aliphatic rings. The Morgan fingerprint density at radius 2 is 1.91 bits per heavy atom. The maximum Gasteiger partial charge on any atom is 0.0545 e. The van der Waals surface area contributed by atoms with Crippen LogP contribution in [0.1, 0.15) is 5.56 Å². The highest BCUT2D eigenvalue weighted by molar-refractivity contribution is 7.99. The lowest BCUT2D eigenvalue weighted by Crippen LogP contribution is -1.82. The van der Waals surface area contributed by atoms with Crippen molar-refractivity contribution in [2.45, 2.75) is 11.3 Å². The summed E-state index contributed by atoms with van der Waals surface area (Å²) in [5.74, 6) is 1.11. The molecule has 0 fully saturated rings. The number of rotatable bonds is 0. The number of thioether (sulfide) groups is 1. The zero-order chi connectivity index (χ0) is 7.84. The van der Waals surface area contributed by atoms with Gasteiger partial charge in [-0.3, -0.25) is 0 Å². The van der Waals surface area contributed by atoms with Crippen molar-refractivity contribution in [3.05, 3.63) is 27.7 Å². The summed E-state index contributed by atoms with van der Waals surface area (Å²) in [6.45, 7) is 0. The lowest BCUT2D eigenvalue weighted by Gasteiger charge is -2.01. The molecule has 1 aromatic rings. The summed E-state index contributed by atoms with van der Waals surface area (Å²) in [6.07, 6.45) is 1.05. The molecule has 1 aliphatic heterocycles. The van der Waals surface area contributed by atoms with E-state index in [0.29, 0.717) is 0 Å². The SMILES string of the molecule is Clc1ccc(Cl)c2c1CCS2. The number of hydrogen-bond donors (Lipinski definition) is 0. The normalized spacial score (nSPS) is 15.1. The summed E-state index contributed by atoms with van der Waals surface area (Å²) < 4.78 is 0. The standard InChI is InChI=1S/C8H6Cl2S/c9-6-1-2-7(10)8-5(6)3-4-11-8/h1-2H,3-4H2. The Morgan fingerprint density at radius 3 is 2.64 bits per heavy atom. The minimum Gasteiger partial charge on any atom is -0.124 e. The van der Waals surface area contributed by atoms with Crippen LogP contribution in [0.15, 0.2) is 17.0 Å². The number of halogens is 2. The molecule has 0 saturated heterocycles. The molecular weight excluding hydrogens is 199 g/mol. The van der Waals surface area contributed by atoms with Crippen molar-refractivity contribution in [2.75, 3.05) is 5.75 Å². The largest absolute Gasteiger partial charge is 0.124 e. The highest BCUT2D eigenvalue weighted by Gasteiger charge is 2.17. The predicted octanol–water partition coefficient (Wildman–Crippen LogP) is 3.64. The molecule has 1 heterocycles. The second kappa shape index (κ2) is 2.89. The molecule has 0 aromatic heterocycles. The van der Waals surface area contributed by atoms with Crippen molar-refractivity contribution in [3.63, 3.8) is 0 Å². The van der Waals surface area contributed by atoms with E-state index in [0.717, 1.165) is 22.2 Å². The summed E-state index contributed by atoms with van der Waals surface area (Å²) >= 11 is 13.7. The van der Waals surface area contributed by atoms with Crippen LogP contribution in [-0.2, 0) is 6.42 Å². The molecule has 0 bridgehead atoms. The smallest absolute Gasteiger partial charge is 0.0545 e. The molecule has 3 heteroatoms. The van der Waals surface area contributed by atoms with Gasteiger partial charge in [-0.05, 0) is 24.1 Å². The second-order valence-corrected chi connectivity index (χ2v) is 4.35. The molecule has 0 amide bonds. The monoisotopic (exact) mass is 204 g/mol. The number of benzene rings is 1. The van der Waals surface area contributed by atoms with Crippen molar-refractivity contribution in [3.8, 4) is 0 Å². The van der Waals surface area contributed by atoms with Gasteiger partial charge in [0.05, 0.1) is 5.02 Å². The van der Waals surface area contributed by atoms with E-state index in [1.165, 1.54) is 10.5 Å². The van der Waals surface area contributed by atoms with Crippen LogP contribution in [0, 0.1) is 0 Å². The van der Waals surface area contributed by atoms with Gasteiger partial charge in [0.2, 0.25) is 0 Å². The average molecular weight is 205 g/mol. The summed E-state index contributed by atoms with van der Waals surface area (Å²) in [4.78, 5) is 1.18. The van der Waals surface area contributed by atoms with Crippen molar-refractivity contribution >= 4 is 35.0 Å². The van der Waals surface area contributed by atoms with Crippen LogP contribution in [-0.4, -0.2) is 5.75 Å². The highest BCUT2D eigenvalue weighted by atomic mass is 35.5. The lowest BCUT2D eigenvalue weighted by molar-refractivity contribution is 1.15. The van der Waals surface area contributed by atoms with Crippen LogP contribution in [0.3, 0.4) is 0 Å². The van der Waals surface area contributed by atoms with E-state index in [9.17, 15) is 0 Å². The fraction of sp³-hybridized carbons (Fsp3) is 0.250. The Bertz CT molecular complexity index is 267. The van der Waals surface area contributed by atoms with Gasteiger partial charge in [-0.1, -0.05) is 23.2 Å². The molecule has 11 heavy (non-hydrogen) atoms. The van der Waals surface area contributed by atoms with Crippen LogP contribution in [0.2, 0.25) is 10.0 Å². The molecule has 0 saturated carbocycles. The van der Waals surface area contributed by atoms with E-state index in [4.69, 9.17) is 23.2 Å². The van der Waals surface area contributed by atoms with Gasteiger partial charge in [0.25, 0.3) is 0 Å². The summed E-state index contributed by atoms with van der Waals surface area (Å²) in [5, 5.41) is 1.70. The Balaban J connectivity index is 2.64. The van der Waals surface area contributed by atoms with Crippen molar-refractivity contribution in [1.29, 1.82) is 0 Å². The van der Waals surface area contributed by atoms with Crippen LogP contribution in [0.4, 0.5) is 0 Å². The van der Waals surface area contributed by atoms with Crippen molar-refractivity contribution in [2.24, 2.45) is 0 Å². The zero-order valence-corrected chi connectivity index (χ0v) is 8.06. The quantitative estimate of drug-likeness (QED) is 0.623. The first-order chi connectivity index (χ1) is 5.29. The maximum atomic E-state index is 5.97. The van der Waals surface area contributed by atoms with E-state index >= 15 is 0 Å². The minimum atomic E-state index is 0.840. The zero-order valence-electron chi connectivity index (χ0n) is 5.73. The summed E-state index contributed by atoms with van der Waals surface area (Å²) in [7, 11) is 0. The van der Waals surface area contributed by atoms with E-state index < -0.39 is 0 Å². The summed E-state index contributed by atoms with van der Waals surface area (Å²) in [5.41, 5.74) is 1.23. The summed E-state index contributed by atoms with van der Waals surface area (Å²) in [6, 6.07) is 3.73. The van der Waals surface area contributed by atoms with Crippen LogP contribution < -0.4 is 0 Å². The van der Waals surface area contributed by atoms with E-state index in [1.54, 1.807) is 11.8 Å². The highest BCUT2D eigenvalue weighted by Crippen LogP contribution is 2.40. The van der Waals surface area contributed by atoms with Gasteiger partial charge in [0.1, 0.15) is 0 Å². The Kier molecular flexibility index (Phi) is 2.04. The van der Waals surface area contributed by atoms with Crippen LogP contribution in [0.5, 0.6) is 0 Å². The van der Waals surface area contributed by atoms with Crippen molar-refractivity contribution < 1.29 is 0 Å². The van der Waals surface area contributed by atoms with Gasteiger partial charge < -0.3 is 0 Å². The Hall–Kier alpha value is 0.150. The topological polar surface area (TPSA) is 0 Å². The lowest BCUT2D eigenvalue weighted by atomic mass is 10.2.